The summed E-state index contributed by atoms with van der Waals surface area (Å²) < 4.78 is 5.53. The number of para-hydroxylation sites is 1. The molecule has 1 fully saturated rings. The van der Waals surface area contributed by atoms with E-state index >= 15 is 0 Å². The molecule has 1 heterocycles. The van der Waals surface area contributed by atoms with Crippen molar-refractivity contribution in [3.63, 3.8) is 0 Å². The summed E-state index contributed by atoms with van der Waals surface area (Å²) in [5, 5.41) is 13.9. The summed E-state index contributed by atoms with van der Waals surface area (Å²) in [7, 11) is 0. The number of amides is 1. The van der Waals surface area contributed by atoms with Gasteiger partial charge in [0.15, 0.2) is 5.69 Å². The normalized spacial score (nSPS) is 13.6. The van der Waals surface area contributed by atoms with Crippen molar-refractivity contribution >= 4 is 17.4 Å². The monoisotopic (exact) mass is 312 g/mol. The first-order valence-corrected chi connectivity index (χ1v) is 7.83. The lowest BCUT2D eigenvalue weighted by Gasteiger charge is -2.07. The second kappa shape index (κ2) is 7.69. The van der Waals surface area contributed by atoms with Crippen LogP contribution in [0.25, 0.3) is 0 Å². The Morgan fingerprint density at radius 3 is 2.65 bits per heavy atom. The zero-order valence-corrected chi connectivity index (χ0v) is 12.9. The summed E-state index contributed by atoms with van der Waals surface area (Å²) in [6.07, 6.45) is 2.59. The third-order valence-corrected chi connectivity index (χ3v) is 3.53. The summed E-state index contributed by atoms with van der Waals surface area (Å²) in [5.41, 5.74) is 1.01. The molecule has 1 aliphatic rings. The van der Waals surface area contributed by atoms with Crippen molar-refractivity contribution in [2.24, 2.45) is 5.92 Å². The molecule has 1 aromatic carbocycles. The van der Waals surface area contributed by atoms with Crippen LogP contribution in [-0.2, 0) is 4.74 Å². The lowest BCUT2D eigenvalue weighted by Crippen LogP contribution is -2.16. The van der Waals surface area contributed by atoms with Crippen LogP contribution in [0.5, 0.6) is 0 Å². The average molecular weight is 312 g/mol. The molecule has 0 unspecified atom stereocenters. The molecule has 6 heteroatoms. The highest BCUT2D eigenvalue weighted by molar-refractivity contribution is 6.02. The van der Waals surface area contributed by atoms with E-state index in [1.807, 2.05) is 30.3 Å². The number of nitrogens with zero attached hydrogens (tertiary/aromatic N) is 2. The van der Waals surface area contributed by atoms with Crippen molar-refractivity contribution in [3.05, 3.63) is 48.2 Å². The first-order chi connectivity index (χ1) is 11.3. The fourth-order valence-electron chi connectivity index (χ4n) is 2.05. The number of hydrogen-bond donors (Lipinski definition) is 2. The van der Waals surface area contributed by atoms with Crippen molar-refractivity contribution in [1.82, 2.24) is 10.2 Å². The molecule has 2 N–H and O–H groups in total. The lowest BCUT2D eigenvalue weighted by atomic mass is 10.3. The molecule has 3 rings (SSSR count). The number of ether oxygens (including phenoxy) is 1. The fourth-order valence-corrected chi connectivity index (χ4v) is 2.05. The quantitative estimate of drug-likeness (QED) is 0.733. The number of rotatable bonds is 8. The molecule has 2 aromatic rings. The minimum Gasteiger partial charge on any atom is -0.379 e. The molecule has 0 radical (unpaired) electrons. The van der Waals surface area contributed by atoms with Crippen LogP contribution in [0.4, 0.5) is 11.5 Å². The van der Waals surface area contributed by atoms with Gasteiger partial charge in [0.05, 0.1) is 6.61 Å². The Labute approximate surface area is 135 Å². The summed E-state index contributed by atoms with van der Waals surface area (Å²) in [4.78, 5) is 12.0. The van der Waals surface area contributed by atoms with Crippen LogP contribution in [0.1, 0.15) is 23.3 Å². The molecular formula is C17H20N4O2. The molecule has 0 bridgehead atoms. The van der Waals surface area contributed by atoms with Gasteiger partial charge in [0.25, 0.3) is 5.91 Å². The molecule has 120 valence electrons. The lowest BCUT2D eigenvalue weighted by molar-refractivity contribution is 0.102. The molecule has 1 aliphatic carbocycles. The number of aromatic nitrogens is 2. The van der Waals surface area contributed by atoms with Crippen LogP contribution < -0.4 is 10.6 Å². The zero-order valence-electron chi connectivity index (χ0n) is 12.9. The highest BCUT2D eigenvalue weighted by Crippen LogP contribution is 2.28. The maximum Gasteiger partial charge on any atom is 0.276 e. The second-order valence-electron chi connectivity index (χ2n) is 5.57. The highest BCUT2D eigenvalue weighted by Gasteiger charge is 2.20. The largest absolute Gasteiger partial charge is 0.379 e. The Balaban J connectivity index is 1.43. The maximum atomic E-state index is 12.0. The Kier molecular flexibility index (Phi) is 5.16. The minimum absolute atomic E-state index is 0.275. The Morgan fingerprint density at radius 2 is 1.96 bits per heavy atom. The van der Waals surface area contributed by atoms with Crippen molar-refractivity contribution in [3.8, 4) is 0 Å². The van der Waals surface area contributed by atoms with Crippen molar-refractivity contribution in [1.29, 1.82) is 0 Å². The van der Waals surface area contributed by atoms with E-state index in [1.54, 1.807) is 12.1 Å². The van der Waals surface area contributed by atoms with Gasteiger partial charge in [0.2, 0.25) is 0 Å². The van der Waals surface area contributed by atoms with Gasteiger partial charge in [-0.2, -0.15) is 0 Å². The Morgan fingerprint density at radius 1 is 1.13 bits per heavy atom. The van der Waals surface area contributed by atoms with Crippen LogP contribution in [0, 0.1) is 5.92 Å². The van der Waals surface area contributed by atoms with Crippen molar-refractivity contribution < 1.29 is 9.53 Å². The number of carbonyl (C=O) groups excluding carboxylic acids is 1. The van der Waals surface area contributed by atoms with E-state index in [9.17, 15) is 4.79 Å². The van der Waals surface area contributed by atoms with Gasteiger partial charge in [-0.3, -0.25) is 4.79 Å². The van der Waals surface area contributed by atoms with Crippen LogP contribution >= 0.6 is 0 Å². The van der Waals surface area contributed by atoms with Crippen molar-refractivity contribution in [2.45, 2.75) is 12.8 Å². The van der Waals surface area contributed by atoms with Gasteiger partial charge in [-0.15, -0.1) is 10.2 Å². The standard InChI is InChI=1S/C17H20N4O2/c22-17(19-14-4-2-1-3-5-14)15-8-9-16(21-20-15)18-10-11-23-12-13-6-7-13/h1-5,8-9,13H,6-7,10-12H2,(H,18,21)(H,19,22). The first-order valence-electron chi connectivity index (χ1n) is 7.83. The molecule has 0 atom stereocenters. The third-order valence-electron chi connectivity index (χ3n) is 3.53. The Hall–Kier alpha value is -2.47. The molecule has 6 nitrogen and oxygen atoms in total. The smallest absolute Gasteiger partial charge is 0.276 e. The van der Waals surface area contributed by atoms with Crippen molar-refractivity contribution in [2.75, 3.05) is 30.4 Å². The summed E-state index contributed by atoms with van der Waals surface area (Å²) in [6, 6.07) is 12.7. The molecule has 1 saturated carbocycles. The van der Waals surface area contributed by atoms with Crippen LogP contribution in [-0.4, -0.2) is 35.9 Å². The summed E-state index contributed by atoms with van der Waals surface area (Å²) in [5.74, 6) is 1.14. The second-order valence-corrected chi connectivity index (χ2v) is 5.57. The predicted molar refractivity (Wildman–Crippen MR) is 88.5 cm³/mol. The van der Waals surface area contributed by atoms with Gasteiger partial charge in [0, 0.05) is 18.8 Å². The number of carbonyl (C=O) groups is 1. The van der Waals surface area contributed by atoms with E-state index in [-0.39, 0.29) is 11.6 Å². The van der Waals surface area contributed by atoms with Gasteiger partial charge in [-0.25, -0.2) is 0 Å². The summed E-state index contributed by atoms with van der Waals surface area (Å²) in [6.45, 7) is 2.18. The highest BCUT2D eigenvalue weighted by atomic mass is 16.5. The van der Waals surface area contributed by atoms with Crippen LogP contribution in [0.15, 0.2) is 42.5 Å². The predicted octanol–water partition coefficient (Wildman–Crippen LogP) is 2.57. The van der Waals surface area contributed by atoms with E-state index in [0.717, 1.165) is 18.2 Å². The number of nitrogens with one attached hydrogen (secondary N) is 2. The Bertz CT molecular complexity index is 627. The van der Waals surface area contributed by atoms with E-state index < -0.39 is 0 Å². The van der Waals surface area contributed by atoms with Gasteiger partial charge >= 0.3 is 0 Å². The topological polar surface area (TPSA) is 76.1 Å². The molecular weight excluding hydrogens is 292 g/mol. The van der Waals surface area contributed by atoms with Gasteiger partial charge in [-0.05, 0) is 43.0 Å². The van der Waals surface area contributed by atoms with E-state index in [4.69, 9.17) is 4.74 Å². The SMILES string of the molecule is O=C(Nc1ccccc1)c1ccc(NCCOCC2CC2)nn1. The molecule has 0 spiro atoms. The fraction of sp³-hybridized carbons (Fsp3) is 0.353. The molecule has 1 aromatic heterocycles. The van der Waals surface area contributed by atoms with E-state index in [0.29, 0.717) is 19.0 Å². The molecule has 0 aliphatic heterocycles. The van der Waals surface area contributed by atoms with E-state index in [2.05, 4.69) is 20.8 Å². The third kappa shape index (κ3) is 5.03. The number of hydrogen-bond acceptors (Lipinski definition) is 5. The number of benzene rings is 1. The maximum absolute atomic E-state index is 12.0. The van der Waals surface area contributed by atoms with Gasteiger partial charge < -0.3 is 15.4 Å². The minimum atomic E-state index is -0.275. The van der Waals surface area contributed by atoms with E-state index in [1.165, 1.54) is 12.8 Å². The van der Waals surface area contributed by atoms with Gasteiger partial charge in [-0.1, -0.05) is 18.2 Å². The summed E-state index contributed by atoms with van der Waals surface area (Å²) >= 11 is 0. The zero-order chi connectivity index (χ0) is 15.9. The molecule has 1 amide bonds. The average Bonchev–Trinajstić information content (AvgIpc) is 3.40. The van der Waals surface area contributed by atoms with Gasteiger partial charge in [0.1, 0.15) is 5.82 Å². The van der Waals surface area contributed by atoms with Crippen LogP contribution in [0.2, 0.25) is 0 Å². The molecule has 0 saturated heterocycles. The first kappa shape index (κ1) is 15.4. The molecule has 23 heavy (non-hydrogen) atoms. The van der Waals surface area contributed by atoms with Crippen LogP contribution in [0.3, 0.4) is 0 Å². The number of anilines is 2.